The summed E-state index contributed by atoms with van der Waals surface area (Å²) in [5.41, 5.74) is -0.434. The number of fused-ring (bicyclic) bond motifs is 1. The standard InChI is InChI=1S/C9H6N2O3/c12-8-10-5-6-3-1-2-4-7(6)11(8)9(13)14/h1-5H,(H,13,14). The van der Waals surface area contributed by atoms with Crippen LogP contribution in [0, 0.1) is 0 Å². The summed E-state index contributed by atoms with van der Waals surface area (Å²) >= 11 is 0. The van der Waals surface area contributed by atoms with Crippen molar-refractivity contribution in [2.45, 2.75) is 0 Å². The second-order valence-corrected chi connectivity index (χ2v) is 2.72. The van der Waals surface area contributed by atoms with Crippen LogP contribution in [0.25, 0.3) is 10.9 Å². The summed E-state index contributed by atoms with van der Waals surface area (Å²) in [5.74, 6) is 0. The van der Waals surface area contributed by atoms with Gasteiger partial charge in [-0.3, -0.25) is 0 Å². The molecule has 0 saturated heterocycles. The summed E-state index contributed by atoms with van der Waals surface area (Å²) in [5, 5.41) is 9.41. The van der Waals surface area contributed by atoms with E-state index < -0.39 is 11.8 Å². The van der Waals surface area contributed by atoms with Crippen molar-refractivity contribution in [1.82, 2.24) is 9.55 Å². The van der Waals surface area contributed by atoms with Crippen molar-refractivity contribution >= 4 is 17.0 Å². The van der Waals surface area contributed by atoms with Gasteiger partial charge in [0.25, 0.3) is 0 Å². The zero-order valence-electron chi connectivity index (χ0n) is 7.04. The Labute approximate surface area is 78.2 Å². The molecule has 2 aromatic rings. The van der Waals surface area contributed by atoms with Crippen LogP contribution in [0.15, 0.2) is 35.3 Å². The number of hydrogen-bond donors (Lipinski definition) is 1. The molecule has 0 aliphatic heterocycles. The third-order valence-corrected chi connectivity index (χ3v) is 1.87. The quantitative estimate of drug-likeness (QED) is 0.670. The predicted octanol–water partition coefficient (Wildman–Crippen LogP) is 0.923. The first-order valence-corrected chi connectivity index (χ1v) is 3.90. The van der Waals surface area contributed by atoms with E-state index in [1.54, 1.807) is 24.3 Å². The zero-order chi connectivity index (χ0) is 10.1. The fraction of sp³-hybridized carbons (Fsp3) is 0. The maximum atomic E-state index is 11.1. The van der Waals surface area contributed by atoms with E-state index in [9.17, 15) is 9.59 Å². The summed E-state index contributed by atoms with van der Waals surface area (Å²) < 4.78 is 0.620. The first kappa shape index (κ1) is 8.43. The van der Waals surface area contributed by atoms with Gasteiger partial charge in [0.1, 0.15) is 0 Å². The molecule has 1 N–H and O–H groups in total. The van der Waals surface area contributed by atoms with Crippen molar-refractivity contribution in [3.8, 4) is 0 Å². The highest BCUT2D eigenvalue weighted by Gasteiger charge is 2.08. The molecule has 0 atom stereocenters. The number of benzene rings is 1. The van der Waals surface area contributed by atoms with E-state index in [1.165, 1.54) is 6.20 Å². The van der Waals surface area contributed by atoms with Crippen LogP contribution in [-0.4, -0.2) is 20.8 Å². The SMILES string of the molecule is O=C(O)n1c(=O)ncc2ccccc21. The fourth-order valence-corrected chi connectivity index (χ4v) is 1.27. The normalized spacial score (nSPS) is 10.3. The van der Waals surface area contributed by atoms with Gasteiger partial charge in [0.2, 0.25) is 0 Å². The van der Waals surface area contributed by atoms with E-state index in [4.69, 9.17) is 5.11 Å². The third-order valence-electron chi connectivity index (χ3n) is 1.87. The molecule has 2 rings (SSSR count). The van der Waals surface area contributed by atoms with E-state index in [-0.39, 0.29) is 0 Å². The lowest BCUT2D eigenvalue weighted by Crippen LogP contribution is -2.27. The summed E-state index contributed by atoms with van der Waals surface area (Å²) in [4.78, 5) is 25.4. The molecule has 0 spiro atoms. The van der Waals surface area contributed by atoms with E-state index in [0.717, 1.165) is 0 Å². The number of para-hydroxylation sites is 1. The maximum Gasteiger partial charge on any atom is 0.420 e. The molecule has 0 bridgehead atoms. The van der Waals surface area contributed by atoms with Crippen LogP contribution >= 0.6 is 0 Å². The zero-order valence-corrected chi connectivity index (χ0v) is 7.04. The number of hydrogen-bond acceptors (Lipinski definition) is 3. The lowest BCUT2D eigenvalue weighted by Gasteiger charge is -2.02. The highest BCUT2D eigenvalue weighted by molar-refractivity contribution is 5.86. The predicted molar refractivity (Wildman–Crippen MR) is 49.4 cm³/mol. The Bertz CT molecular complexity index is 559. The minimum Gasteiger partial charge on any atom is -0.464 e. The summed E-state index contributed by atoms with van der Waals surface area (Å²) in [7, 11) is 0. The van der Waals surface area contributed by atoms with Gasteiger partial charge in [-0.15, -0.1) is 0 Å². The van der Waals surface area contributed by atoms with E-state index in [1.807, 2.05) is 0 Å². The first-order valence-electron chi connectivity index (χ1n) is 3.90. The molecule has 5 nitrogen and oxygen atoms in total. The fourth-order valence-electron chi connectivity index (χ4n) is 1.27. The maximum absolute atomic E-state index is 11.1. The van der Waals surface area contributed by atoms with E-state index >= 15 is 0 Å². The van der Waals surface area contributed by atoms with E-state index in [2.05, 4.69) is 4.98 Å². The Kier molecular flexibility index (Phi) is 1.78. The van der Waals surface area contributed by atoms with Gasteiger partial charge >= 0.3 is 11.8 Å². The summed E-state index contributed by atoms with van der Waals surface area (Å²) in [6.07, 6.45) is 0.0381. The van der Waals surface area contributed by atoms with Crippen LogP contribution in [0.5, 0.6) is 0 Å². The van der Waals surface area contributed by atoms with Crippen LogP contribution < -0.4 is 5.69 Å². The number of carbonyl (C=O) groups is 1. The Balaban J connectivity index is 2.97. The van der Waals surface area contributed by atoms with E-state index in [0.29, 0.717) is 15.5 Å². The summed E-state index contributed by atoms with van der Waals surface area (Å²) in [6.45, 7) is 0. The minimum atomic E-state index is -1.32. The van der Waals surface area contributed by atoms with Gasteiger partial charge in [0, 0.05) is 11.6 Å². The molecule has 70 valence electrons. The number of carboxylic acid groups (broad SMARTS) is 1. The molecule has 0 unspecified atom stereocenters. The van der Waals surface area contributed by atoms with Crippen LogP contribution in [0.2, 0.25) is 0 Å². The smallest absolute Gasteiger partial charge is 0.420 e. The number of aromatic nitrogens is 2. The number of rotatable bonds is 0. The topological polar surface area (TPSA) is 72.2 Å². The van der Waals surface area contributed by atoms with Crippen LogP contribution in [0.4, 0.5) is 4.79 Å². The highest BCUT2D eigenvalue weighted by Crippen LogP contribution is 2.08. The van der Waals surface area contributed by atoms with Crippen molar-refractivity contribution < 1.29 is 9.90 Å². The van der Waals surface area contributed by atoms with Gasteiger partial charge in [0.15, 0.2) is 0 Å². The summed E-state index contributed by atoms with van der Waals surface area (Å²) in [6, 6.07) is 6.68. The minimum absolute atomic E-state index is 0.347. The van der Waals surface area contributed by atoms with Crippen molar-refractivity contribution in [3.05, 3.63) is 40.9 Å². The lowest BCUT2D eigenvalue weighted by atomic mass is 10.2. The molecule has 0 radical (unpaired) electrons. The van der Waals surface area contributed by atoms with Crippen molar-refractivity contribution in [2.24, 2.45) is 0 Å². The van der Waals surface area contributed by atoms with Crippen LogP contribution in [-0.2, 0) is 0 Å². The van der Waals surface area contributed by atoms with Gasteiger partial charge in [-0.1, -0.05) is 18.2 Å². The third kappa shape index (κ3) is 1.15. The van der Waals surface area contributed by atoms with Crippen molar-refractivity contribution in [2.75, 3.05) is 0 Å². The number of nitrogens with zero attached hydrogens (tertiary/aromatic N) is 2. The van der Waals surface area contributed by atoms with Gasteiger partial charge in [-0.05, 0) is 6.07 Å². The van der Waals surface area contributed by atoms with Gasteiger partial charge < -0.3 is 5.11 Å². The molecule has 0 fully saturated rings. The van der Waals surface area contributed by atoms with Crippen LogP contribution in [0.1, 0.15) is 0 Å². The largest absolute Gasteiger partial charge is 0.464 e. The Morgan fingerprint density at radius 1 is 1.36 bits per heavy atom. The molecule has 0 amide bonds. The van der Waals surface area contributed by atoms with Gasteiger partial charge in [-0.25, -0.2) is 14.6 Å². The molecule has 1 aromatic carbocycles. The molecular formula is C9H6N2O3. The Morgan fingerprint density at radius 2 is 2.07 bits per heavy atom. The lowest BCUT2D eigenvalue weighted by molar-refractivity contribution is 0.196. The van der Waals surface area contributed by atoms with Crippen molar-refractivity contribution in [1.29, 1.82) is 0 Å². The second kappa shape index (κ2) is 2.95. The molecule has 5 heteroatoms. The van der Waals surface area contributed by atoms with Gasteiger partial charge in [0.05, 0.1) is 5.52 Å². The van der Waals surface area contributed by atoms with Gasteiger partial charge in [-0.2, -0.15) is 4.57 Å². The monoisotopic (exact) mass is 190 g/mol. The molecule has 14 heavy (non-hydrogen) atoms. The average Bonchev–Trinajstić information content (AvgIpc) is 2.17. The van der Waals surface area contributed by atoms with Crippen LogP contribution in [0.3, 0.4) is 0 Å². The average molecular weight is 190 g/mol. The Hall–Kier alpha value is -2.17. The molecule has 1 aromatic heterocycles. The molecule has 0 aliphatic carbocycles. The molecule has 0 aliphatic rings. The highest BCUT2D eigenvalue weighted by atomic mass is 16.4. The molecule has 1 heterocycles. The first-order chi connectivity index (χ1) is 6.70. The second-order valence-electron chi connectivity index (χ2n) is 2.72. The molecular weight excluding hydrogens is 184 g/mol. The molecule has 0 saturated carbocycles. The Morgan fingerprint density at radius 3 is 2.79 bits per heavy atom. The van der Waals surface area contributed by atoms with Crippen molar-refractivity contribution in [3.63, 3.8) is 0 Å².